The van der Waals surface area contributed by atoms with Crippen LogP contribution in [0.25, 0.3) is 0 Å². The van der Waals surface area contributed by atoms with Gasteiger partial charge in [-0.1, -0.05) is 0 Å². The minimum atomic E-state index is 0. The molecule has 4 heterocycles. The second-order valence-corrected chi connectivity index (χ2v) is 7.65. The number of nitrogens with zero attached hydrogens (tertiary/aromatic N) is 6. The van der Waals surface area contributed by atoms with E-state index in [1.54, 1.807) is 0 Å². The number of likely N-dealkylation sites (tertiary alicyclic amines) is 1. The smallest absolute Gasteiger partial charge is 0.225 e. The summed E-state index contributed by atoms with van der Waals surface area (Å²) < 4.78 is 0. The molecule has 146 valence electrons. The Kier molecular flexibility index (Phi) is 7.05. The molecule has 0 spiro atoms. The largest absolute Gasteiger partial charge is 0.338 e. The summed E-state index contributed by atoms with van der Waals surface area (Å²) >= 11 is 0. The lowest BCUT2D eigenvalue weighted by molar-refractivity contribution is 0.170. The Morgan fingerprint density at radius 3 is 2.38 bits per heavy atom. The van der Waals surface area contributed by atoms with Crippen LogP contribution in [0.4, 0.5) is 5.95 Å². The Hall–Kier alpha value is -0.990. The van der Waals surface area contributed by atoms with E-state index in [9.17, 15) is 0 Å². The van der Waals surface area contributed by atoms with Crippen LogP contribution in [0, 0.1) is 0 Å². The van der Waals surface area contributed by atoms with Crippen LogP contribution < -0.4 is 10.2 Å². The molecule has 4 rings (SSSR count). The number of likely N-dealkylation sites (N-methyl/N-ethyl adjacent to an activating group) is 1. The fraction of sp³-hybridized carbons (Fsp3) is 0.778. The van der Waals surface area contributed by atoms with Gasteiger partial charge in [-0.2, -0.15) is 0 Å². The summed E-state index contributed by atoms with van der Waals surface area (Å²) in [6, 6.07) is 0.729. The normalized spacial score (nSPS) is 26.0. The zero-order chi connectivity index (χ0) is 17.1. The van der Waals surface area contributed by atoms with Crippen molar-refractivity contribution < 1.29 is 0 Å². The SMILES string of the molecule is CN1CCN(c2ncc(CN3CCC(N4CCNCC4)C3)cn2)CC1.Cl. The van der Waals surface area contributed by atoms with E-state index in [1.807, 2.05) is 12.4 Å². The van der Waals surface area contributed by atoms with Crippen LogP contribution in [-0.2, 0) is 6.54 Å². The molecule has 7 nitrogen and oxygen atoms in total. The molecule has 1 aromatic heterocycles. The first-order valence-electron chi connectivity index (χ1n) is 9.69. The Labute approximate surface area is 163 Å². The van der Waals surface area contributed by atoms with E-state index >= 15 is 0 Å². The quantitative estimate of drug-likeness (QED) is 0.795. The predicted molar refractivity (Wildman–Crippen MR) is 107 cm³/mol. The summed E-state index contributed by atoms with van der Waals surface area (Å²) in [5, 5.41) is 3.45. The topological polar surface area (TPSA) is 50.8 Å². The van der Waals surface area contributed by atoms with Crippen molar-refractivity contribution in [3.05, 3.63) is 18.0 Å². The molecular formula is C18H32ClN7. The van der Waals surface area contributed by atoms with Crippen molar-refractivity contribution in [3.8, 4) is 0 Å². The Bertz CT molecular complexity index is 541. The third-order valence-corrected chi connectivity index (χ3v) is 5.80. The summed E-state index contributed by atoms with van der Waals surface area (Å²) in [5.41, 5.74) is 1.24. The van der Waals surface area contributed by atoms with Crippen molar-refractivity contribution in [1.29, 1.82) is 0 Å². The maximum atomic E-state index is 4.63. The molecule has 8 heteroatoms. The van der Waals surface area contributed by atoms with Gasteiger partial charge in [-0.3, -0.25) is 9.80 Å². The van der Waals surface area contributed by atoms with Crippen LogP contribution in [0.3, 0.4) is 0 Å². The molecule has 3 aliphatic heterocycles. The molecule has 3 fully saturated rings. The number of aromatic nitrogens is 2. The predicted octanol–water partition coefficient (Wildman–Crippen LogP) is 0.130. The minimum absolute atomic E-state index is 0. The fourth-order valence-electron chi connectivity index (χ4n) is 4.16. The first kappa shape index (κ1) is 19.8. The molecule has 1 unspecified atom stereocenters. The van der Waals surface area contributed by atoms with E-state index in [-0.39, 0.29) is 12.4 Å². The molecule has 0 radical (unpaired) electrons. The number of hydrogen-bond acceptors (Lipinski definition) is 7. The molecule has 26 heavy (non-hydrogen) atoms. The van der Waals surface area contributed by atoms with Gasteiger partial charge in [-0.05, 0) is 13.5 Å². The van der Waals surface area contributed by atoms with Gasteiger partial charge in [0.05, 0.1) is 0 Å². The number of rotatable bonds is 4. The summed E-state index contributed by atoms with van der Waals surface area (Å²) in [7, 11) is 2.17. The van der Waals surface area contributed by atoms with Crippen LogP contribution in [-0.4, -0.2) is 103 Å². The van der Waals surface area contributed by atoms with Gasteiger partial charge in [0.25, 0.3) is 0 Å². The average Bonchev–Trinajstić information content (AvgIpc) is 3.12. The molecule has 0 bridgehead atoms. The van der Waals surface area contributed by atoms with E-state index < -0.39 is 0 Å². The van der Waals surface area contributed by atoms with Gasteiger partial charge < -0.3 is 15.1 Å². The number of anilines is 1. The third-order valence-electron chi connectivity index (χ3n) is 5.80. The van der Waals surface area contributed by atoms with Gasteiger partial charge in [-0.25, -0.2) is 9.97 Å². The molecule has 3 aliphatic rings. The van der Waals surface area contributed by atoms with Gasteiger partial charge in [0.1, 0.15) is 0 Å². The number of halogens is 1. The first-order chi connectivity index (χ1) is 12.3. The van der Waals surface area contributed by atoms with Gasteiger partial charge in [0.15, 0.2) is 0 Å². The highest BCUT2D eigenvalue weighted by molar-refractivity contribution is 5.85. The van der Waals surface area contributed by atoms with Crippen LogP contribution in [0.1, 0.15) is 12.0 Å². The van der Waals surface area contributed by atoms with Crippen LogP contribution in [0.5, 0.6) is 0 Å². The number of piperazine rings is 2. The zero-order valence-electron chi connectivity index (χ0n) is 15.8. The fourth-order valence-corrected chi connectivity index (χ4v) is 4.16. The highest BCUT2D eigenvalue weighted by Gasteiger charge is 2.28. The monoisotopic (exact) mass is 381 g/mol. The molecule has 1 atom stereocenters. The van der Waals surface area contributed by atoms with E-state index in [0.29, 0.717) is 0 Å². The van der Waals surface area contributed by atoms with Crippen molar-refractivity contribution in [2.75, 3.05) is 77.4 Å². The molecule has 1 aromatic rings. The highest BCUT2D eigenvalue weighted by Crippen LogP contribution is 2.19. The highest BCUT2D eigenvalue weighted by atomic mass is 35.5. The lowest BCUT2D eigenvalue weighted by Gasteiger charge is -2.32. The van der Waals surface area contributed by atoms with Crippen molar-refractivity contribution >= 4 is 18.4 Å². The Balaban J connectivity index is 0.00000196. The lowest BCUT2D eigenvalue weighted by Crippen LogP contribution is -2.49. The number of hydrogen-bond donors (Lipinski definition) is 1. The zero-order valence-corrected chi connectivity index (χ0v) is 16.6. The standard InChI is InChI=1S/C18H31N7.ClH/c1-22-8-10-25(11-9-22)18-20-12-16(13-21-18)14-23-5-2-17(15-23)24-6-3-19-4-7-24;/h12-13,17,19H,2-11,14-15H2,1H3;1H. The Morgan fingerprint density at radius 2 is 1.69 bits per heavy atom. The van der Waals surface area contributed by atoms with Gasteiger partial charge in [-0.15, -0.1) is 12.4 Å². The van der Waals surface area contributed by atoms with Crippen LogP contribution >= 0.6 is 12.4 Å². The van der Waals surface area contributed by atoms with E-state index in [2.05, 4.69) is 41.9 Å². The minimum Gasteiger partial charge on any atom is -0.338 e. The summed E-state index contributed by atoms with van der Waals surface area (Å²) in [5.74, 6) is 0.886. The van der Waals surface area contributed by atoms with Crippen molar-refractivity contribution in [2.24, 2.45) is 0 Å². The van der Waals surface area contributed by atoms with E-state index in [4.69, 9.17) is 0 Å². The van der Waals surface area contributed by atoms with Gasteiger partial charge in [0, 0.05) is 96.0 Å². The third kappa shape index (κ3) is 4.84. The lowest BCUT2D eigenvalue weighted by atomic mass is 10.2. The maximum absolute atomic E-state index is 4.63. The summed E-state index contributed by atoms with van der Waals surface area (Å²) in [6.07, 6.45) is 5.35. The molecule has 1 N–H and O–H groups in total. The van der Waals surface area contributed by atoms with E-state index in [0.717, 1.165) is 57.8 Å². The molecule has 0 aliphatic carbocycles. The van der Waals surface area contributed by atoms with Crippen LogP contribution in [0.2, 0.25) is 0 Å². The van der Waals surface area contributed by atoms with Gasteiger partial charge >= 0.3 is 0 Å². The van der Waals surface area contributed by atoms with E-state index in [1.165, 1.54) is 38.2 Å². The van der Waals surface area contributed by atoms with Crippen molar-refractivity contribution in [1.82, 2.24) is 30.0 Å². The molecule has 0 saturated carbocycles. The first-order valence-corrected chi connectivity index (χ1v) is 9.69. The summed E-state index contributed by atoms with van der Waals surface area (Å²) in [4.78, 5) is 19.1. The molecular weight excluding hydrogens is 350 g/mol. The number of nitrogens with one attached hydrogen (secondary N) is 1. The van der Waals surface area contributed by atoms with Gasteiger partial charge in [0.2, 0.25) is 5.95 Å². The van der Waals surface area contributed by atoms with Crippen molar-refractivity contribution in [2.45, 2.75) is 19.0 Å². The van der Waals surface area contributed by atoms with Crippen molar-refractivity contribution in [3.63, 3.8) is 0 Å². The van der Waals surface area contributed by atoms with Crippen LogP contribution in [0.15, 0.2) is 12.4 Å². The second-order valence-electron chi connectivity index (χ2n) is 7.65. The summed E-state index contributed by atoms with van der Waals surface area (Å²) in [6.45, 7) is 12.2. The molecule has 3 saturated heterocycles. The maximum Gasteiger partial charge on any atom is 0.225 e. The average molecular weight is 382 g/mol. The second kappa shape index (κ2) is 9.28. The Morgan fingerprint density at radius 1 is 1.00 bits per heavy atom. The molecule has 0 amide bonds. The molecule has 0 aromatic carbocycles.